The lowest BCUT2D eigenvalue weighted by molar-refractivity contribution is -0.118. The van der Waals surface area contributed by atoms with Gasteiger partial charge in [-0.25, -0.2) is 9.18 Å². The summed E-state index contributed by atoms with van der Waals surface area (Å²) in [6.45, 7) is 6.12. The number of halogens is 2. The van der Waals surface area contributed by atoms with Crippen molar-refractivity contribution < 1.29 is 23.1 Å². The van der Waals surface area contributed by atoms with Crippen LogP contribution >= 0.6 is 27.3 Å². The minimum atomic E-state index is -2.89. The molecule has 0 aliphatic carbocycles. The van der Waals surface area contributed by atoms with Crippen LogP contribution in [0.15, 0.2) is 65.1 Å². The summed E-state index contributed by atoms with van der Waals surface area (Å²) in [7, 11) is -1.72. The second-order valence-corrected chi connectivity index (χ2v) is 14.5. The smallest absolute Gasteiger partial charge is 0.351 e. The fourth-order valence-electron chi connectivity index (χ4n) is 3.79. The summed E-state index contributed by atoms with van der Waals surface area (Å²) in [5, 5.41) is 4.65. The van der Waals surface area contributed by atoms with Crippen molar-refractivity contribution in [1.29, 1.82) is 0 Å². The van der Waals surface area contributed by atoms with Crippen molar-refractivity contribution in [2.45, 2.75) is 25.8 Å². The molecule has 3 aromatic rings. The van der Waals surface area contributed by atoms with Crippen LogP contribution in [-0.2, 0) is 14.0 Å². The first-order chi connectivity index (χ1) is 15.6. The molecule has 33 heavy (non-hydrogen) atoms. The van der Waals surface area contributed by atoms with E-state index in [1.807, 2.05) is 60.7 Å². The Bertz CT molecular complexity index is 1090. The van der Waals surface area contributed by atoms with Crippen molar-refractivity contribution in [3.05, 3.63) is 75.8 Å². The fraction of sp³-hybridized carbons (Fsp3) is 0.250. The molecule has 1 heterocycles. The van der Waals surface area contributed by atoms with Gasteiger partial charge in [0.15, 0.2) is 10.7 Å². The van der Waals surface area contributed by atoms with Crippen LogP contribution in [0.4, 0.5) is 9.39 Å². The summed E-state index contributed by atoms with van der Waals surface area (Å²) in [4.78, 5) is 24.4. The zero-order chi connectivity index (χ0) is 24.2. The maximum Gasteiger partial charge on any atom is 0.351 e. The molecular formula is C24H25BrFNO4SSi. The number of nitrogens with one attached hydrogen (secondary N) is 1. The van der Waals surface area contributed by atoms with Gasteiger partial charge in [-0.3, -0.25) is 4.79 Å². The van der Waals surface area contributed by atoms with E-state index in [1.165, 1.54) is 7.11 Å². The monoisotopic (exact) mass is 549 g/mol. The quantitative estimate of drug-likeness (QED) is 0.334. The summed E-state index contributed by atoms with van der Waals surface area (Å²) in [6.07, 6.45) is 0. The molecule has 9 heteroatoms. The summed E-state index contributed by atoms with van der Waals surface area (Å²) in [5.74, 6) is -2.02. The molecule has 5 nitrogen and oxygen atoms in total. The van der Waals surface area contributed by atoms with Crippen molar-refractivity contribution >= 4 is 62.8 Å². The molecule has 1 N–H and O–H groups in total. The third-order valence-corrected chi connectivity index (χ3v) is 12.3. The molecule has 0 aliphatic rings. The molecule has 0 spiro atoms. The van der Waals surface area contributed by atoms with Gasteiger partial charge in [-0.05, 0) is 31.3 Å². The fourth-order valence-corrected chi connectivity index (χ4v) is 9.87. The first-order valence-electron chi connectivity index (χ1n) is 10.2. The lowest BCUT2D eigenvalue weighted by atomic mass is 10.2. The summed E-state index contributed by atoms with van der Waals surface area (Å²) >= 11 is 3.91. The molecule has 1 aromatic heterocycles. The van der Waals surface area contributed by atoms with Crippen molar-refractivity contribution in [2.75, 3.05) is 19.0 Å². The van der Waals surface area contributed by atoms with E-state index in [-0.39, 0.29) is 26.0 Å². The van der Waals surface area contributed by atoms with E-state index in [2.05, 4.69) is 46.8 Å². The van der Waals surface area contributed by atoms with Crippen LogP contribution in [-0.4, -0.2) is 33.9 Å². The van der Waals surface area contributed by atoms with Crippen LogP contribution in [0.5, 0.6) is 0 Å². The highest BCUT2D eigenvalue weighted by molar-refractivity contribution is 9.10. The van der Waals surface area contributed by atoms with Gasteiger partial charge in [0, 0.05) is 0 Å². The number of rotatable bonds is 7. The van der Waals surface area contributed by atoms with Crippen molar-refractivity contribution in [2.24, 2.45) is 0 Å². The number of ether oxygens (including phenoxy) is 1. The number of methoxy groups -OCH3 is 1. The number of thiophene rings is 1. The zero-order valence-corrected chi connectivity index (χ0v) is 22.2. The predicted octanol–water partition coefficient (Wildman–Crippen LogP) is 4.95. The van der Waals surface area contributed by atoms with Crippen LogP contribution < -0.4 is 15.7 Å². The summed E-state index contributed by atoms with van der Waals surface area (Å²) in [6, 6.07) is 19.9. The van der Waals surface area contributed by atoms with Gasteiger partial charge in [0.2, 0.25) is 5.91 Å². The molecule has 0 bridgehead atoms. The zero-order valence-electron chi connectivity index (χ0n) is 18.8. The average molecular weight is 551 g/mol. The average Bonchev–Trinajstić information content (AvgIpc) is 3.08. The number of anilines is 1. The van der Waals surface area contributed by atoms with Crippen molar-refractivity contribution in [3.63, 3.8) is 0 Å². The number of amides is 1. The first kappa shape index (κ1) is 25.3. The van der Waals surface area contributed by atoms with E-state index >= 15 is 0 Å². The molecule has 0 unspecified atom stereocenters. The Morgan fingerprint density at radius 2 is 1.55 bits per heavy atom. The van der Waals surface area contributed by atoms with Gasteiger partial charge in [-0.2, -0.15) is 0 Å². The standard InChI is InChI=1S/C24H25BrFNO4SSi/c1-24(2,3)33(16-11-7-5-8-12-16,17-13-9-6-10-14-17)31-15-18(28)27-22-19(25)20(26)21(32-22)23(29)30-4/h5-14H,15H2,1-4H3,(H,27,28). The van der Waals surface area contributed by atoms with E-state index in [0.29, 0.717) is 0 Å². The maximum atomic E-state index is 14.4. The highest BCUT2D eigenvalue weighted by atomic mass is 79.9. The number of carbonyl (C=O) groups excluding carboxylic acids is 2. The van der Waals surface area contributed by atoms with Gasteiger partial charge in [0.1, 0.15) is 11.6 Å². The van der Waals surface area contributed by atoms with Gasteiger partial charge < -0.3 is 14.5 Å². The second-order valence-electron chi connectivity index (χ2n) is 8.38. The van der Waals surface area contributed by atoms with Crippen LogP contribution in [0.2, 0.25) is 5.04 Å². The normalized spacial score (nSPS) is 11.8. The third-order valence-electron chi connectivity index (χ3n) is 5.26. The Morgan fingerprint density at radius 1 is 1.03 bits per heavy atom. The highest BCUT2D eigenvalue weighted by Gasteiger charge is 2.50. The minimum absolute atomic E-state index is 0.00620. The van der Waals surface area contributed by atoms with E-state index in [4.69, 9.17) is 4.43 Å². The Labute approximate surface area is 206 Å². The summed E-state index contributed by atoms with van der Waals surface area (Å²) in [5.41, 5.74) is 0. The molecule has 3 rings (SSSR count). The molecule has 0 aliphatic heterocycles. The molecule has 0 fully saturated rings. The topological polar surface area (TPSA) is 64.6 Å². The lowest BCUT2D eigenvalue weighted by Gasteiger charge is -2.42. The molecule has 0 radical (unpaired) electrons. The molecule has 0 saturated heterocycles. The highest BCUT2D eigenvalue weighted by Crippen LogP contribution is 2.38. The number of hydrogen-bond acceptors (Lipinski definition) is 5. The number of esters is 1. The molecule has 0 saturated carbocycles. The van der Waals surface area contributed by atoms with Gasteiger partial charge in [0.25, 0.3) is 8.32 Å². The second kappa shape index (κ2) is 10.3. The van der Waals surface area contributed by atoms with E-state index in [1.54, 1.807) is 0 Å². The van der Waals surface area contributed by atoms with Crippen LogP contribution in [0.25, 0.3) is 0 Å². The predicted molar refractivity (Wildman–Crippen MR) is 136 cm³/mol. The van der Waals surface area contributed by atoms with Crippen LogP contribution in [0, 0.1) is 5.82 Å². The largest absolute Gasteiger partial charge is 0.465 e. The van der Waals surface area contributed by atoms with Crippen molar-refractivity contribution in [1.82, 2.24) is 0 Å². The molecule has 0 atom stereocenters. The van der Waals surface area contributed by atoms with Gasteiger partial charge in [-0.1, -0.05) is 81.4 Å². The van der Waals surface area contributed by atoms with E-state index < -0.39 is 26.0 Å². The number of benzene rings is 2. The number of carbonyl (C=O) groups is 2. The van der Waals surface area contributed by atoms with Crippen molar-refractivity contribution in [3.8, 4) is 0 Å². The van der Waals surface area contributed by atoms with E-state index in [9.17, 15) is 14.0 Å². The van der Waals surface area contributed by atoms with Crippen LogP contribution in [0.1, 0.15) is 30.4 Å². The Morgan fingerprint density at radius 3 is 2.00 bits per heavy atom. The first-order valence-corrected chi connectivity index (χ1v) is 13.7. The molecule has 174 valence electrons. The Balaban J connectivity index is 1.93. The SMILES string of the molecule is COC(=O)c1sc(NC(=O)CO[Si](c2ccccc2)(c2ccccc2)C(C)(C)C)c(Br)c1F. The molecule has 1 amide bonds. The molecule has 2 aromatic carbocycles. The Kier molecular flexibility index (Phi) is 7.89. The minimum Gasteiger partial charge on any atom is -0.465 e. The number of hydrogen-bond donors (Lipinski definition) is 1. The summed E-state index contributed by atoms with van der Waals surface area (Å²) < 4.78 is 25.6. The molecular weight excluding hydrogens is 525 g/mol. The lowest BCUT2D eigenvalue weighted by Crippen LogP contribution is -2.67. The third kappa shape index (κ3) is 5.11. The maximum absolute atomic E-state index is 14.4. The Hall–Kier alpha value is -2.33. The van der Waals surface area contributed by atoms with Gasteiger partial charge in [0.05, 0.1) is 11.6 Å². The van der Waals surface area contributed by atoms with Crippen LogP contribution in [0.3, 0.4) is 0 Å². The van der Waals surface area contributed by atoms with Gasteiger partial charge >= 0.3 is 5.97 Å². The van der Waals surface area contributed by atoms with Gasteiger partial charge in [-0.15, -0.1) is 11.3 Å². The van der Waals surface area contributed by atoms with E-state index in [0.717, 1.165) is 21.7 Å².